The van der Waals surface area contributed by atoms with Crippen LogP contribution in [0.15, 0.2) is 128 Å². The molecule has 1 aromatic heterocycles. The molecular weight excluding hydrogens is 1840 g/mol. The van der Waals surface area contributed by atoms with Gasteiger partial charge in [-0.15, -0.1) is 11.8 Å². The molecule has 3 aliphatic rings. The first-order valence-corrected chi connectivity index (χ1v) is 46.4. The van der Waals surface area contributed by atoms with Crippen LogP contribution in [0.2, 0.25) is 0 Å². The molecule has 45 heteroatoms. The number of fused-ring (bicyclic) bond motifs is 3. The van der Waals surface area contributed by atoms with Gasteiger partial charge in [0.15, 0.2) is 17.5 Å². The quantitative estimate of drug-likeness (QED) is 0.0280. The summed E-state index contributed by atoms with van der Waals surface area (Å²) < 4.78 is 52.3. The number of benzene rings is 5. The molecule has 0 radical (unpaired) electrons. The number of carboxylic acid groups (broad SMARTS) is 3. The molecule has 139 heavy (non-hydrogen) atoms. The van der Waals surface area contributed by atoms with E-state index in [0.29, 0.717) is 52.3 Å². The average molecular weight is 1960 g/mol. The molecular formula is C94H118F3N17O24S. The molecule has 4 heterocycles. The fourth-order valence-corrected chi connectivity index (χ4v) is 17.5. The Morgan fingerprint density at radius 3 is 1.71 bits per heavy atom. The van der Waals surface area contributed by atoms with Crippen molar-refractivity contribution in [2.75, 3.05) is 72.0 Å². The zero-order chi connectivity index (χ0) is 102. The van der Waals surface area contributed by atoms with Crippen molar-refractivity contribution in [3.63, 3.8) is 0 Å². The number of nitrogens with one attached hydrogen (secondary N) is 9. The Kier molecular flexibility index (Phi) is 40.1. The summed E-state index contributed by atoms with van der Waals surface area (Å²) in [7, 11) is 3.52. The molecule has 0 unspecified atom stereocenters. The largest absolute Gasteiger partial charge is 0.508 e. The number of phenols is 1. The Morgan fingerprint density at radius 1 is 0.540 bits per heavy atom. The van der Waals surface area contributed by atoms with Crippen molar-refractivity contribution in [3.8, 4) is 5.75 Å². The third-order valence-corrected chi connectivity index (χ3v) is 25.1. The number of para-hydroxylation sites is 1. The van der Waals surface area contributed by atoms with Crippen LogP contribution in [0.3, 0.4) is 0 Å². The molecule has 0 spiro atoms. The van der Waals surface area contributed by atoms with Crippen LogP contribution in [0, 0.1) is 23.4 Å². The molecule has 18 N–H and O–H groups in total. The van der Waals surface area contributed by atoms with Gasteiger partial charge in [0.25, 0.3) is 0 Å². The maximum Gasteiger partial charge on any atom is 0.323 e. The first-order valence-electron chi connectivity index (χ1n) is 45.2. The summed E-state index contributed by atoms with van der Waals surface area (Å²) >= 11 is 0.608. The first-order chi connectivity index (χ1) is 66.1. The van der Waals surface area contributed by atoms with E-state index in [1.165, 1.54) is 63.0 Å². The Bertz CT molecular complexity index is 5430. The predicted octanol–water partition coefficient (Wildman–Crippen LogP) is -0.816. The van der Waals surface area contributed by atoms with Crippen molar-refractivity contribution in [1.29, 1.82) is 0 Å². The minimum Gasteiger partial charge on any atom is -0.508 e. The maximum absolute atomic E-state index is 15.7. The number of hydrogen-bond acceptors (Lipinski definition) is 23. The van der Waals surface area contributed by atoms with Gasteiger partial charge in [0.05, 0.1) is 38.0 Å². The number of primary amides is 1. The fourth-order valence-electron chi connectivity index (χ4n) is 16.6. The molecule has 0 aliphatic carbocycles. The molecule has 3 fully saturated rings. The highest BCUT2D eigenvalue weighted by Gasteiger charge is 2.48. The number of aliphatic carboxylic acids is 3. The van der Waals surface area contributed by atoms with E-state index in [-0.39, 0.29) is 68.6 Å². The minimum absolute atomic E-state index is 0.0366. The summed E-state index contributed by atoms with van der Waals surface area (Å²) in [6.45, 7) is 1.17. The van der Waals surface area contributed by atoms with Gasteiger partial charge in [0, 0.05) is 102 Å². The van der Waals surface area contributed by atoms with Crippen LogP contribution in [-0.4, -0.2) is 318 Å². The number of ether oxygens (including phenoxy) is 1. The summed E-state index contributed by atoms with van der Waals surface area (Å²) in [4.78, 5) is 268. The number of carbonyl (C=O) groups is 18. The first kappa shape index (κ1) is 109. The van der Waals surface area contributed by atoms with E-state index in [4.69, 9.17) is 16.2 Å². The van der Waals surface area contributed by atoms with Gasteiger partial charge in [-0.25, -0.2) is 13.2 Å². The molecule has 3 saturated heterocycles. The highest BCUT2D eigenvalue weighted by atomic mass is 32.2. The number of aromatic hydroxyl groups is 1. The number of amides is 15. The second-order valence-corrected chi connectivity index (χ2v) is 35.7. The number of unbranched alkanes of at least 4 members (excludes halogenated alkanes) is 1. The van der Waals surface area contributed by atoms with E-state index in [9.17, 15) is 68.3 Å². The molecule has 750 valence electrons. The molecule has 15 amide bonds. The number of aliphatic hydroxyl groups excluding tert-OH is 1. The molecule has 14 atom stereocenters. The van der Waals surface area contributed by atoms with Gasteiger partial charge in [-0.1, -0.05) is 125 Å². The van der Waals surface area contributed by atoms with E-state index in [0.717, 1.165) is 31.5 Å². The number of aromatic nitrogens is 1. The maximum atomic E-state index is 15.7. The summed E-state index contributed by atoms with van der Waals surface area (Å²) in [5.41, 5.74) is 12.6. The Morgan fingerprint density at radius 2 is 1.09 bits per heavy atom. The number of aliphatic hydroxyl groups is 1. The van der Waals surface area contributed by atoms with Crippen LogP contribution in [0.1, 0.15) is 106 Å². The molecule has 6 aromatic rings. The van der Waals surface area contributed by atoms with Crippen LogP contribution in [0.25, 0.3) is 10.9 Å². The number of rotatable bonds is 27. The number of carboxylic acids is 3. The Hall–Kier alpha value is -14.1. The summed E-state index contributed by atoms with van der Waals surface area (Å²) in [6.07, 6.45) is -5.78. The zero-order valence-electron chi connectivity index (χ0n) is 77.4. The molecule has 5 aromatic carbocycles. The number of phenolic OH excluding ortho intramolecular Hbond substituents is 1. The summed E-state index contributed by atoms with van der Waals surface area (Å²) in [5, 5.41) is 75.6. The lowest BCUT2D eigenvalue weighted by atomic mass is 9.98. The summed E-state index contributed by atoms with van der Waals surface area (Å²) in [5.74, 6) is -28.9. The Balaban J connectivity index is 1.16. The molecule has 9 rings (SSSR count). The SMILES string of the molecule is CCCC[C@@H]1C(=O)N2C[C@@H](O)C[C@@H]2C(=O)N[C@@H](CC(=O)O)C(=O)N[C@H](C(C)C)C(=O)N(C)[C@@H](Cc2ccccc2)C(=O)N[C@@H](CCC(=O)O)C(=O)N2CCOC[C@@H]2C(=O)N[C@@H](Cc2cn(CC(=O)O)c3ccccc23)C(=O)N[C@@H](Cc2ccc(O)cc2)C(=O)N[C@@H](CCCN)C(=O)N[C@@H](C(=O)NCC(N)=O)CSCC(=O)N[C@@H](Cc2cc(F)c(F)c(F)c2)C(=O)N(C)[C@@H](Cc2ccccc2)C(=O)N1C. The van der Waals surface area contributed by atoms with Crippen molar-refractivity contribution in [2.24, 2.45) is 17.4 Å². The lowest BCUT2D eigenvalue weighted by Crippen LogP contribution is -2.64. The number of nitrogens with two attached hydrogens (primary N) is 2. The van der Waals surface area contributed by atoms with Gasteiger partial charge in [-0.3, -0.25) is 86.3 Å². The van der Waals surface area contributed by atoms with Gasteiger partial charge in [-0.05, 0) is 96.3 Å². The molecule has 0 saturated carbocycles. The lowest BCUT2D eigenvalue weighted by Gasteiger charge is -2.38. The highest BCUT2D eigenvalue weighted by molar-refractivity contribution is 8.00. The van der Waals surface area contributed by atoms with Gasteiger partial charge < -0.3 is 119 Å². The van der Waals surface area contributed by atoms with Gasteiger partial charge in [-0.2, -0.15) is 0 Å². The Labute approximate surface area is 801 Å². The van der Waals surface area contributed by atoms with E-state index >= 15 is 56.7 Å². The van der Waals surface area contributed by atoms with E-state index < -0.39 is 309 Å². The van der Waals surface area contributed by atoms with Gasteiger partial charge >= 0.3 is 17.9 Å². The number of carbonyl (C=O) groups excluding carboxylic acids is 15. The molecule has 3 aliphatic heterocycles. The van der Waals surface area contributed by atoms with Crippen LogP contribution in [0.5, 0.6) is 5.75 Å². The molecule has 0 bridgehead atoms. The van der Waals surface area contributed by atoms with Gasteiger partial charge in [0.1, 0.15) is 90.8 Å². The fraction of sp³-hybridized carbons (Fsp3) is 0.468. The normalized spacial score (nSPS) is 23.6. The summed E-state index contributed by atoms with van der Waals surface area (Å²) in [6, 6.07) is 5.55. The standard InChI is InChI=1S/C94H118F3N17O24S/c1-7-8-24-70-93(136)114-46-58(116)42-72(114)88(131)106-66(43-78(121)122)86(129)108-81(51(2)3)94(137)110(5)71(39-52-18-11-9-12-19-52)87(130)103-63(30-31-77(119)120)91(134)113-33-34-138-48-74(113)89(132)105-65(41-56-45-112(47-79(123)124)69-25-16-15-22-59(56)69)85(128)104-64(37-54-26-28-57(115)29-27-54)84(127)102-62(23-17-32-98)83(126)107-68(82(125)100-44-75(99)117)49-139-50-76(118)101-67(38-55-35-60(95)80(97)61(96)36-55)90(133)111(6)73(92(135)109(70)4)40-53-20-13-10-14-21-53/h9-16,18-22,25-29,35-36,45,51,58,62-68,70-74,81,115-116H,7-8,17,23-24,30-34,37-44,46-50,98H2,1-6H3,(H2,99,117)(H,100,125)(H,101,118)(H,102,127)(H,103,130)(H,104,128)(H,105,132)(H,106,131)(H,107,126)(H,108,129)(H,119,120)(H,121,122)(H,123,124)/t58-,62-,63-,64-,65-,66-,67-,68+,70+,71-,72+,73-,74+,81+/m0/s1. The predicted molar refractivity (Wildman–Crippen MR) is 494 cm³/mol. The number of thioether (sulfide) groups is 1. The monoisotopic (exact) mass is 1960 g/mol. The number of likely N-dealkylation sites (N-methyl/N-ethyl adjacent to an activating group) is 3. The van der Waals surface area contributed by atoms with Crippen LogP contribution >= 0.6 is 11.8 Å². The van der Waals surface area contributed by atoms with Crippen molar-refractivity contribution in [2.45, 2.75) is 202 Å². The third kappa shape index (κ3) is 30.5. The van der Waals surface area contributed by atoms with Crippen LogP contribution < -0.4 is 59.3 Å². The third-order valence-electron chi connectivity index (χ3n) is 24.1. The van der Waals surface area contributed by atoms with Crippen LogP contribution in [-0.2, 0) is 130 Å². The smallest absolute Gasteiger partial charge is 0.323 e. The van der Waals surface area contributed by atoms with Gasteiger partial charge in [0.2, 0.25) is 88.6 Å². The van der Waals surface area contributed by atoms with Crippen LogP contribution in [0.4, 0.5) is 13.2 Å². The number of nitrogens with zero attached hydrogens (tertiary/aromatic N) is 6. The lowest BCUT2D eigenvalue weighted by molar-refractivity contribution is -0.152. The minimum atomic E-state index is -2.09. The van der Waals surface area contributed by atoms with Crippen molar-refractivity contribution < 1.29 is 130 Å². The van der Waals surface area contributed by atoms with E-state index in [2.05, 4.69) is 47.9 Å². The van der Waals surface area contributed by atoms with E-state index in [1.54, 1.807) is 91.9 Å². The molecule has 41 nitrogen and oxygen atoms in total. The second-order valence-electron chi connectivity index (χ2n) is 34.7. The zero-order valence-corrected chi connectivity index (χ0v) is 78.2. The van der Waals surface area contributed by atoms with E-state index in [1.807, 2.05) is 0 Å². The number of hydrogen-bond donors (Lipinski definition) is 16. The van der Waals surface area contributed by atoms with Crippen molar-refractivity contribution in [1.82, 2.24) is 76.9 Å². The highest BCUT2D eigenvalue weighted by Crippen LogP contribution is 2.29. The number of halogens is 3. The average Bonchev–Trinajstić information content (AvgIpc) is 1.05. The van der Waals surface area contributed by atoms with Crippen molar-refractivity contribution >= 4 is 129 Å². The number of morpholine rings is 1. The van der Waals surface area contributed by atoms with Crippen molar-refractivity contribution in [3.05, 3.63) is 173 Å². The second kappa shape index (κ2) is 51.4. The topological polar surface area (TPSA) is 599 Å².